The average Bonchev–Trinajstić information content (AvgIpc) is 3.08. The zero-order valence-electron chi connectivity index (χ0n) is 17.7. The molecule has 4 amide bonds. The highest BCUT2D eigenvalue weighted by Gasteiger charge is 2.42. The van der Waals surface area contributed by atoms with Crippen LogP contribution in [0.1, 0.15) is 48.0 Å². The summed E-state index contributed by atoms with van der Waals surface area (Å²) in [6, 6.07) is 5.46. The minimum Gasteiger partial charge on any atom is -0.467 e. The fourth-order valence-corrected chi connectivity index (χ4v) is 4.35. The van der Waals surface area contributed by atoms with Crippen LogP contribution in [0.5, 0.6) is 5.75 Å². The number of fused-ring (bicyclic) bond motifs is 1. The first-order valence-corrected chi connectivity index (χ1v) is 10.8. The minimum absolute atomic E-state index is 0.0490. The van der Waals surface area contributed by atoms with Gasteiger partial charge in [0.25, 0.3) is 5.91 Å². The Labute approximate surface area is 181 Å². The Kier molecular flexibility index (Phi) is 5.84. The lowest BCUT2D eigenvalue weighted by Gasteiger charge is -2.38. The number of likely N-dealkylation sites (tertiary alicyclic amines) is 2. The molecule has 3 aliphatic rings. The lowest BCUT2D eigenvalue weighted by molar-refractivity contribution is -0.135. The summed E-state index contributed by atoms with van der Waals surface area (Å²) in [5.41, 5.74) is 0.515. The number of ether oxygens (including phenoxy) is 1. The summed E-state index contributed by atoms with van der Waals surface area (Å²) >= 11 is 0. The maximum absolute atomic E-state index is 12.6. The summed E-state index contributed by atoms with van der Waals surface area (Å²) in [6.45, 7) is 3.75. The van der Waals surface area contributed by atoms with Crippen LogP contribution in [0, 0.1) is 6.92 Å². The summed E-state index contributed by atoms with van der Waals surface area (Å²) in [5, 5.41) is 5.73. The number of hydrogen-bond donors (Lipinski definition) is 2. The summed E-state index contributed by atoms with van der Waals surface area (Å²) in [5.74, 6) is 0.0256. The number of nitrogens with zero attached hydrogens (tertiary/aromatic N) is 2. The molecule has 9 nitrogen and oxygen atoms in total. The Balaban J connectivity index is 1.32. The van der Waals surface area contributed by atoms with Crippen LogP contribution in [0.25, 0.3) is 0 Å². The minimum atomic E-state index is -0.948. The van der Waals surface area contributed by atoms with Gasteiger partial charge in [0.2, 0.25) is 17.7 Å². The van der Waals surface area contributed by atoms with E-state index in [0.717, 1.165) is 18.5 Å². The van der Waals surface area contributed by atoms with Crippen molar-refractivity contribution in [2.45, 2.75) is 44.8 Å². The maximum atomic E-state index is 12.6. The van der Waals surface area contributed by atoms with Gasteiger partial charge in [0.15, 0.2) is 5.72 Å². The van der Waals surface area contributed by atoms with Crippen molar-refractivity contribution < 1.29 is 23.9 Å². The fourth-order valence-electron chi connectivity index (χ4n) is 4.35. The van der Waals surface area contributed by atoms with Crippen molar-refractivity contribution in [2.24, 2.45) is 0 Å². The molecule has 1 spiro atoms. The van der Waals surface area contributed by atoms with Crippen LogP contribution in [-0.2, 0) is 14.4 Å². The van der Waals surface area contributed by atoms with Gasteiger partial charge in [-0.1, -0.05) is 11.6 Å². The van der Waals surface area contributed by atoms with Crippen LogP contribution in [0.3, 0.4) is 0 Å². The quantitative estimate of drug-likeness (QED) is 0.713. The van der Waals surface area contributed by atoms with Gasteiger partial charge >= 0.3 is 0 Å². The van der Waals surface area contributed by atoms with E-state index in [2.05, 4.69) is 10.6 Å². The number of hydrogen-bond acceptors (Lipinski definition) is 5. The first-order valence-electron chi connectivity index (χ1n) is 10.8. The molecule has 0 bridgehead atoms. The van der Waals surface area contributed by atoms with E-state index in [-0.39, 0.29) is 36.6 Å². The number of aryl methyl sites for hydroxylation is 1. The predicted molar refractivity (Wildman–Crippen MR) is 111 cm³/mol. The standard InChI is InChI=1S/C22H28N4O5/c1-15-4-5-17-16(13-15)21(30)24-22(31-17)7-6-20(29)26(11-8-22)14-18(27)23-9-12-25-10-2-3-19(25)28/h4-5,13H,2-3,6-12,14H2,1H3,(H,23,27)(H,24,30). The van der Waals surface area contributed by atoms with E-state index in [1.54, 1.807) is 17.0 Å². The summed E-state index contributed by atoms with van der Waals surface area (Å²) in [7, 11) is 0. The lowest BCUT2D eigenvalue weighted by atomic mass is 9.99. The molecular weight excluding hydrogens is 400 g/mol. The predicted octanol–water partition coefficient (Wildman–Crippen LogP) is 0.565. The van der Waals surface area contributed by atoms with Crippen molar-refractivity contribution in [1.29, 1.82) is 0 Å². The molecule has 4 rings (SSSR count). The summed E-state index contributed by atoms with van der Waals surface area (Å²) < 4.78 is 6.15. The second kappa shape index (κ2) is 8.56. The highest BCUT2D eigenvalue weighted by molar-refractivity contribution is 5.98. The molecule has 31 heavy (non-hydrogen) atoms. The van der Waals surface area contributed by atoms with E-state index in [4.69, 9.17) is 4.74 Å². The molecule has 2 saturated heterocycles. The SMILES string of the molecule is Cc1ccc2c(c1)C(=O)NC1(CCC(=O)N(CC(=O)NCCN3CCCC3=O)CC1)O2. The van der Waals surface area contributed by atoms with E-state index >= 15 is 0 Å². The molecule has 2 fully saturated rings. The Hall–Kier alpha value is -3.10. The third-order valence-corrected chi connectivity index (χ3v) is 6.12. The second-order valence-corrected chi connectivity index (χ2v) is 8.45. The highest BCUT2D eigenvalue weighted by atomic mass is 16.5. The molecular formula is C22H28N4O5. The molecule has 0 radical (unpaired) electrons. The van der Waals surface area contributed by atoms with Crippen LogP contribution in [0.2, 0.25) is 0 Å². The Morgan fingerprint density at radius 3 is 2.71 bits per heavy atom. The third kappa shape index (κ3) is 4.65. The Bertz CT molecular complexity index is 917. The zero-order valence-corrected chi connectivity index (χ0v) is 17.7. The Morgan fingerprint density at radius 2 is 1.94 bits per heavy atom. The van der Waals surface area contributed by atoms with E-state index in [0.29, 0.717) is 50.2 Å². The third-order valence-electron chi connectivity index (χ3n) is 6.12. The number of carbonyl (C=O) groups is 4. The molecule has 0 aliphatic carbocycles. The normalized spacial score (nSPS) is 23.3. The molecule has 2 N–H and O–H groups in total. The summed E-state index contributed by atoms with van der Waals surface area (Å²) in [4.78, 5) is 52.4. The number of nitrogens with one attached hydrogen (secondary N) is 2. The van der Waals surface area contributed by atoms with E-state index in [9.17, 15) is 19.2 Å². The molecule has 1 atom stereocenters. The molecule has 9 heteroatoms. The van der Waals surface area contributed by atoms with Crippen molar-refractivity contribution in [3.8, 4) is 5.75 Å². The van der Waals surface area contributed by atoms with Gasteiger partial charge in [-0.15, -0.1) is 0 Å². The van der Waals surface area contributed by atoms with Crippen molar-refractivity contribution in [3.63, 3.8) is 0 Å². The summed E-state index contributed by atoms with van der Waals surface area (Å²) in [6.07, 6.45) is 2.35. The Morgan fingerprint density at radius 1 is 1.13 bits per heavy atom. The zero-order chi connectivity index (χ0) is 22.0. The molecule has 0 aromatic heterocycles. The van der Waals surface area contributed by atoms with Crippen LogP contribution in [0.15, 0.2) is 18.2 Å². The number of amides is 4. The molecule has 0 saturated carbocycles. The number of carbonyl (C=O) groups excluding carboxylic acids is 4. The first kappa shape index (κ1) is 21.1. The van der Waals surface area contributed by atoms with Crippen LogP contribution < -0.4 is 15.4 Å². The van der Waals surface area contributed by atoms with Gasteiger partial charge in [-0.2, -0.15) is 0 Å². The molecule has 3 heterocycles. The monoisotopic (exact) mass is 428 g/mol. The highest BCUT2D eigenvalue weighted by Crippen LogP contribution is 2.34. The van der Waals surface area contributed by atoms with Crippen molar-refractivity contribution >= 4 is 23.6 Å². The van der Waals surface area contributed by atoms with E-state index < -0.39 is 5.72 Å². The number of rotatable bonds is 5. The van der Waals surface area contributed by atoms with Crippen LogP contribution >= 0.6 is 0 Å². The van der Waals surface area contributed by atoms with Crippen molar-refractivity contribution in [1.82, 2.24) is 20.4 Å². The lowest BCUT2D eigenvalue weighted by Crippen LogP contribution is -2.56. The fraction of sp³-hybridized carbons (Fsp3) is 0.545. The maximum Gasteiger partial charge on any atom is 0.258 e. The van der Waals surface area contributed by atoms with Crippen molar-refractivity contribution in [2.75, 3.05) is 32.7 Å². The second-order valence-electron chi connectivity index (χ2n) is 8.45. The molecule has 1 aromatic rings. The largest absolute Gasteiger partial charge is 0.467 e. The van der Waals surface area contributed by atoms with Crippen LogP contribution in [-0.4, -0.2) is 71.9 Å². The van der Waals surface area contributed by atoms with Gasteiger partial charge in [0, 0.05) is 51.9 Å². The van der Waals surface area contributed by atoms with Gasteiger partial charge in [0.05, 0.1) is 12.1 Å². The van der Waals surface area contributed by atoms with Gasteiger partial charge in [-0.25, -0.2) is 0 Å². The van der Waals surface area contributed by atoms with E-state index in [1.807, 2.05) is 13.0 Å². The molecule has 3 aliphatic heterocycles. The number of benzene rings is 1. The van der Waals surface area contributed by atoms with Gasteiger partial charge in [0.1, 0.15) is 5.75 Å². The topological polar surface area (TPSA) is 108 Å². The molecule has 1 aromatic carbocycles. The van der Waals surface area contributed by atoms with Gasteiger partial charge in [-0.3, -0.25) is 19.2 Å². The first-order chi connectivity index (χ1) is 14.8. The average molecular weight is 428 g/mol. The molecule has 166 valence electrons. The van der Waals surface area contributed by atoms with Crippen molar-refractivity contribution in [3.05, 3.63) is 29.3 Å². The van der Waals surface area contributed by atoms with E-state index in [1.165, 1.54) is 4.90 Å². The molecule has 1 unspecified atom stereocenters. The van der Waals surface area contributed by atoms with Crippen LogP contribution in [0.4, 0.5) is 0 Å². The smallest absolute Gasteiger partial charge is 0.258 e. The van der Waals surface area contributed by atoms with Gasteiger partial charge in [-0.05, 0) is 25.5 Å². The van der Waals surface area contributed by atoms with Gasteiger partial charge < -0.3 is 25.2 Å².